The molecule has 0 N–H and O–H groups in total. The molecule has 1 rings (SSSR count). The molecule has 0 unspecified atom stereocenters. The number of nitrogens with zero attached hydrogens (tertiary/aromatic N) is 1. The van der Waals surface area contributed by atoms with Crippen LogP contribution in [0.2, 0.25) is 0 Å². The fraction of sp³-hybridized carbons (Fsp3) is 0.941. The van der Waals surface area contributed by atoms with Gasteiger partial charge in [0.1, 0.15) is 0 Å². The van der Waals surface area contributed by atoms with E-state index in [1.807, 2.05) is 0 Å². The first-order valence-electron chi connectivity index (χ1n) is 8.26. The molecule has 0 bridgehead atoms. The van der Waals surface area contributed by atoms with Crippen LogP contribution in [0.4, 0.5) is 0 Å². The molecule has 0 radical (unpaired) electrons. The summed E-state index contributed by atoms with van der Waals surface area (Å²) in [5.41, 5.74) is 0. The molecule has 0 aromatic rings. The van der Waals surface area contributed by atoms with E-state index in [4.69, 9.17) is 0 Å². The number of hydrogen-bond acceptors (Lipinski definition) is 1. The van der Waals surface area contributed by atoms with E-state index in [1.54, 1.807) is 0 Å². The van der Waals surface area contributed by atoms with Crippen molar-refractivity contribution >= 4 is 5.91 Å². The first-order valence-corrected chi connectivity index (χ1v) is 8.26. The van der Waals surface area contributed by atoms with Gasteiger partial charge in [0.05, 0.1) is 0 Å². The number of carbonyl (C=O) groups is 1. The third-order valence-electron chi connectivity index (χ3n) is 4.01. The van der Waals surface area contributed by atoms with Gasteiger partial charge >= 0.3 is 0 Å². The van der Waals surface area contributed by atoms with Crippen LogP contribution in [0.25, 0.3) is 0 Å². The number of carbonyl (C=O) groups excluding carboxylic acids is 1. The first-order chi connectivity index (χ1) is 8.99. The van der Waals surface area contributed by atoms with Crippen molar-refractivity contribution in [3.8, 4) is 0 Å². The normalized spacial score (nSPS) is 17.2. The van der Waals surface area contributed by atoms with E-state index < -0.39 is 0 Å². The minimum absolute atomic E-state index is 0.382. The molecule has 2 nitrogen and oxygen atoms in total. The first kappa shape index (κ1) is 16.5. The zero-order valence-electron chi connectivity index (χ0n) is 13.5. The summed E-state index contributed by atoms with van der Waals surface area (Å²) in [6.07, 6.45) is 8.73. The summed E-state index contributed by atoms with van der Waals surface area (Å²) in [7, 11) is 0. The molecule has 0 aromatic heterocycles. The van der Waals surface area contributed by atoms with Gasteiger partial charge in [-0.05, 0) is 24.2 Å². The number of hydrogen-bond donors (Lipinski definition) is 0. The van der Waals surface area contributed by atoms with E-state index in [9.17, 15) is 4.79 Å². The van der Waals surface area contributed by atoms with Gasteiger partial charge in [0, 0.05) is 19.5 Å². The molecule has 0 aliphatic heterocycles. The minimum atomic E-state index is 0.382. The van der Waals surface area contributed by atoms with Crippen LogP contribution in [0.3, 0.4) is 0 Å². The van der Waals surface area contributed by atoms with Gasteiger partial charge in [-0.25, -0.2) is 0 Å². The van der Waals surface area contributed by atoms with Crippen molar-refractivity contribution in [3.05, 3.63) is 0 Å². The molecule has 1 saturated carbocycles. The SMILES string of the molecule is CC(C)CN(CC(C)C)C(=O)CCC1CCCCC1. The van der Waals surface area contributed by atoms with E-state index in [0.717, 1.165) is 31.8 Å². The molecule has 1 aliphatic rings. The molecule has 1 fully saturated rings. The van der Waals surface area contributed by atoms with Gasteiger partial charge in [-0.2, -0.15) is 0 Å². The Kier molecular flexibility index (Phi) is 7.48. The van der Waals surface area contributed by atoms with Crippen molar-refractivity contribution in [3.63, 3.8) is 0 Å². The highest BCUT2D eigenvalue weighted by Gasteiger charge is 2.19. The lowest BCUT2D eigenvalue weighted by Gasteiger charge is -2.28. The average Bonchev–Trinajstić information content (AvgIpc) is 2.35. The maximum Gasteiger partial charge on any atom is 0.222 e. The van der Waals surface area contributed by atoms with Crippen molar-refractivity contribution < 1.29 is 4.79 Å². The average molecular weight is 267 g/mol. The Morgan fingerprint density at radius 3 is 2.00 bits per heavy atom. The maximum atomic E-state index is 12.4. The second kappa shape index (κ2) is 8.60. The summed E-state index contributed by atoms with van der Waals surface area (Å²) in [6, 6.07) is 0. The molecule has 0 aromatic carbocycles. The van der Waals surface area contributed by atoms with E-state index >= 15 is 0 Å². The van der Waals surface area contributed by atoms with Gasteiger partial charge in [0.25, 0.3) is 0 Å². The van der Waals surface area contributed by atoms with Crippen molar-refractivity contribution in [2.75, 3.05) is 13.1 Å². The van der Waals surface area contributed by atoms with Crippen molar-refractivity contribution in [2.24, 2.45) is 17.8 Å². The lowest BCUT2D eigenvalue weighted by Crippen LogP contribution is -2.37. The number of rotatable bonds is 7. The van der Waals surface area contributed by atoms with E-state index in [1.165, 1.54) is 32.1 Å². The molecule has 112 valence electrons. The zero-order valence-corrected chi connectivity index (χ0v) is 13.5. The monoisotopic (exact) mass is 267 g/mol. The predicted molar refractivity (Wildman–Crippen MR) is 82.1 cm³/mol. The minimum Gasteiger partial charge on any atom is -0.342 e. The molecule has 0 spiro atoms. The van der Waals surface area contributed by atoms with Crippen LogP contribution in [0, 0.1) is 17.8 Å². The quantitative estimate of drug-likeness (QED) is 0.665. The van der Waals surface area contributed by atoms with Gasteiger partial charge < -0.3 is 4.90 Å². The Labute approximate surface area is 119 Å². The van der Waals surface area contributed by atoms with Crippen LogP contribution in [-0.2, 0) is 4.79 Å². The standard InChI is InChI=1S/C17H33NO/c1-14(2)12-18(13-15(3)4)17(19)11-10-16-8-6-5-7-9-16/h14-16H,5-13H2,1-4H3. The van der Waals surface area contributed by atoms with Crippen LogP contribution in [0.1, 0.15) is 72.6 Å². The van der Waals surface area contributed by atoms with E-state index in [2.05, 4.69) is 32.6 Å². The van der Waals surface area contributed by atoms with Crippen molar-refractivity contribution in [1.82, 2.24) is 4.90 Å². The van der Waals surface area contributed by atoms with Gasteiger partial charge in [-0.15, -0.1) is 0 Å². The largest absolute Gasteiger partial charge is 0.342 e. The molecule has 2 heteroatoms. The highest BCUT2D eigenvalue weighted by Crippen LogP contribution is 2.27. The van der Waals surface area contributed by atoms with Crippen LogP contribution >= 0.6 is 0 Å². The van der Waals surface area contributed by atoms with Crippen LogP contribution < -0.4 is 0 Å². The summed E-state index contributed by atoms with van der Waals surface area (Å²) in [5, 5.41) is 0. The lowest BCUT2D eigenvalue weighted by atomic mass is 9.86. The molecule has 19 heavy (non-hydrogen) atoms. The Bertz CT molecular complexity index is 244. The highest BCUT2D eigenvalue weighted by atomic mass is 16.2. The predicted octanol–water partition coefficient (Wildman–Crippen LogP) is 4.49. The van der Waals surface area contributed by atoms with Crippen LogP contribution in [0.5, 0.6) is 0 Å². The second-order valence-electron chi connectivity index (χ2n) is 7.13. The van der Waals surface area contributed by atoms with E-state index in [-0.39, 0.29) is 0 Å². The molecule has 1 amide bonds. The third-order valence-corrected chi connectivity index (χ3v) is 4.01. The Morgan fingerprint density at radius 1 is 1.00 bits per heavy atom. The lowest BCUT2D eigenvalue weighted by molar-refractivity contribution is -0.132. The van der Waals surface area contributed by atoms with Gasteiger partial charge in [0.15, 0.2) is 0 Å². The summed E-state index contributed by atoms with van der Waals surface area (Å²) in [6.45, 7) is 10.6. The summed E-state index contributed by atoms with van der Waals surface area (Å²) < 4.78 is 0. The topological polar surface area (TPSA) is 20.3 Å². The molecule has 0 saturated heterocycles. The summed E-state index contributed by atoms with van der Waals surface area (Å²) >= 11 is 0. The molecule has 0 heterocycles. The van der Waals surface area contributed by atoms with Crippen molar-refractivity contribution in [1.29, 1.82) is 0 Å². The zero-order chi connectivity index (χ0) is 14.3. The Balaban J connectivity index is 2.37. The van der Waals surface area contributed by atoms with Gasteiger partial charge in [-0.3, -0.25) is 4.79 Å². The van der Waals surface area contributed by atoms with Crippen molar-refractivity contribution in [2.45, 2.75) is 72.6 Å². The van der Waals surface area contributed by atoms with Crippen LogP contribution in [0.15, 0.2) is 0 Å². The fourth-order valence-corrected chi connectivity index (χ4v) is 3.12. The third kappa shape index (κ3) is 6.98. The molecular weight excluding hydrogens is 234 g/mol. The fourth-order valence-electron chi connectivity index (χ4n) is 3.12. The molecule has 0 atom stereocenters. The van der Waals surface area contributed by atoms with E-state index in [0.29, 0.717) is 17.7 Å². The Morgan fingerprint density at radius 2 is 1.53 bits per heavy atom. The maximum absolute atomic E-state index is 12.4. The smallest absolute Gasteiger partial charge is 0.222 e. The Hall–Kier alpha value is -0.530. The summed E-state index contributed by atoms with van der Waals surface area (Å²) in [5.74, 6) is 2.33. The van der Waals surface area contributed by atoms with Gasteiger partial charge in [0.2, 0.25) is 5.91 Å². The molecule has 1 aliphatic carbocycles. The van der Waals surface area contributed by atoms with Crippen LogP contribution in [-0.4, -0.2) is 23.9 Å². The second-order valence-corrected chi connectivity index (χ2v) is 7.13. The molecular formula is C17H33NO. The number of amides is 1. The highest BCUT2D eigenvalue weighted by molar-refractivity contribution is 5.76. The summed E-state index contributed by atoms with van der Waals surface area (Å²) in [4.78, 5) is 14.5. The van der Waals surface area contributed by atoms with Gasteiger partial charge in [-0.1, -0.05) is 59.8 Å².